The smallest absolute Gasteiger partial charge is 0.131 e. The van der Waals surface area contributed by atoms with Crippen molar-refractivity contribution in [2.75, 3.05) is 13.7 Å². The summed E-state index contributed by atoms with van der Waals surface area (Å²) in [6.07, 6.45) is 0.933. The predicted octanol–water partition coefficient (Wildman–Crippen LogP) is 3.73. The lowest BCUT2D eigenvalue weighted by Crippen LogP contribution is -2.22. The van der Waals surface area contributed by atoms with Gasteiger partial charge in [0.2, 0.25) is 0 Å². The summed E-state index contributed by atoms with van der Waals surface area (Å²) in [5, 5.41) is 3.34. The molecule has 1 N–H and O–H groups in total. The van der Waals surface area contributed by atoms with E-state index in [-0.39, 0.29) is 11.9 Å². The van der Waals surface area contributed by atoms with Crippen LogP contribution in [0.15, 0.2) is 48.5 Å². The summed E-state index contributed by atoms with van der Waals surface area (Å²) in [5.74, 6) is 0.312. The van der Waals surface area contributed by atoms with Gasteiger partial charge < -0.3 is 10.1 Å². The highest BCUT2D eigenvalue weighted by atomic mass is 19.1. The Balaban J connectivity index is 1.90. The Labute approximate surface area is 119 Å². The molecule has 20 heavy (non-hydrogen) atoms. The summed E-state index contributed by atoms with van der Waals surface area (Å²) in [6.45, 7) is 2.78. The average molecular weight is 273 g/mol. The standard InChI is InChI=1S/C17H20FNO/c1-13(16-9-8-15(20-2)12-17(16)18)19-11-10-14-6-4-3-5-7-14/h3-9,12-13,19H,10-11H2,1-2H3. The molecule has 0 amide bonds. The lowest BCUT2D eigenvalue weighted by Gasteiger charge is -2.15. The molecule has 0 aliphatic carbocycles. The second-order valence-corrected chi connectivity index (χ2v) is 4.80. The normalized spacial score (nSPS) is 12.2. The molecule has 0 aliphatic heterocycles. The van der Waals surface area contributed by atoms with Gasteiger partial charge in [0.05, 0.1) is 7.11 Å². The molecule has 2 aromatic carbocycles. The highest BCUT2D eigenvalue weighted by Gasteiger charge is 2.11. The molecule has 1 unspecified atom stereocenters. The zero-order chi connectivity index (χ0) is 14.4. The van der Waals surface area contributed by atoms with Gasteiger partial charge in [-0.3, -0.25) is 0 Å². The summed E-state index contributed by atoms with van der Waals surface area (Å²) >= 11 is 0. The van der Waals surface area contributed by atoms with E-state index in [2.05, 4.69) is 17.4 Å². The third-order valence-corrected chi connectivity index (χ3v) is 3.38. The van der Waals surface area contributed by atoms with Crippen LogP contribution in [0.25, 0.3) is 0 Å². The topological polar surface area (TPSA) is 21.3 Å². The van der Waals surface area contributed by atoms with Gasteiger partial charge in [0.15, 0.2) is 0 Å². The molecule has 1 atom stereocenters. The van der Waals surface area contributed by atoms with Crippen LogP contribution >= 0.6 is 0 Å². The maximum absolute atomic E-state index is 13.9. The van der Waals surface area contributed by atoms with E-state index in [4.69, 9.17) is 4.74 Å². The van der Waals surface area contributed by atoms with Crippen LogP contribution in [0.2, 0.25) is 0 Å². The Morgan fingerprint density at radius 2 is 1.90 bits per heavy atom. The summed E-state index contributed by atoms with van der Waals surface area (Å²) in [6, 6.07) is 15.2. The van der Waals surface area contributed by atoms with Crippen molar-refractivity contribution >= 4 is 0 Å². The van der Waals surface area contributed by atoms with Crippen LogP contribution in [-0.2, 0) is 6.42 Å². The van der Waals surface area contributed by atoms with Gasteiger partial charge in [0.1, 0.15) is 11.6 Å². The fourth-order valence-corrected chi connectivity index (χ4v) is 2.17. The maximum Gasteiger partial charge on any atom is 0.131 e. The van der Waals surface area contributed by atoms with Crippen LogP contribution in [0.1, 0.15) is 24.1 Å². The van der Waals surface area contributed by atoms with Gasteiger partial charge in [0, 0.05) is 17.7 Å². The van der Waals surface area contributed by atoms with Crippen LogP contribution in [0.4, 0.5) is 4.39 Å². The zero-order valence-electron chi connectivity index (χ0n) is 11.9. The molecule has 0 bridgehead atoms. The van der Waals surface area contributed by atoms with E-state index in [1.165, 1.54) is 18.7 Å². The number of halogens is 1. The van der Waals surface area contributed by atoms with Gasteiger partial charge in [-0.2, -0.15) is 0 Å². The number of ether oxygens (including phenoxy) is 1. The largest absolute Gasteiger partial charge is 0.497 e. The first-order valence-corrected chi connectivity index (χ1v) is 6.81. The second-order valence-electron chi connectivity index (χ2n) is 4.80. The van der Waals surface area contributed by atoms with Gasteiger partial charge in [0.25, 0.3) is 0 Å². The molecule has 0 radical (unpaired) electrons. The molecule has 0 aromatic heterocycles. The number of hydrogen-bond donors (Lipinski definition) is 1. The third kappa shape index (κ3) is 3.81. The molecular weight excluding hydrogens is 253 g/mol. The van der Waals surface area contributed by atoms with Crippen molar-refractivity contribution in [1.29, 1.82) is 0 Å². The Hall–Kier alpha value is -1.87. The molecular formula is C17H20FNO. The SMILES string of the molecule is COc1ccc(C(C)NCCc2ccccc2)c(F)c1. The molecule has 0 spiro atoms. The summed E-state index contributed by atoms with van der Waals surface area (Å²) in [4.78, 5) is 0. The highest BCUT2D eigenvalue weighted by molar-refractivity contribution is 5.30. The van der Waals surface area contributed by atoms with Crippen molar-refractivity contribution in [2.24, 2.45) is 0 Å². The van der Waals surface area contributed by atoms with Crippen LogP contribution in [0.3, 0.4) is 0 Å². The number of benzene rings is 2. The highest BCUT2D eigenvalue weighted by Crippen LogP contribution is 2.21. The van der Waals surface area contributed by atoms with Crippen molar-refractivity contribution in [1.82, 2.24) is 5.32 Å². The summed E-state index contributed by atoms with van der Waals surface area (Å²) in [7, 11) is 1.54. The number of nitrogens with one attached hydrogen (secondary N) is 1. The van der Waals surface area contributed by atoms with E-state index in [0.717, 1.165) is 13.0 Å². The maximum atomic E-state index is 13.9. The molecule has 0 aliphatic rings. The Morgan fingerprint density at radius 1 is 1.15 bits per heavy atom. The second kappa shape index (κ2) is 7.06. The molecule has 0 saturated heterocycles. The van der Waals surface area contributed by atoms with Gasteiger partial charge in [-0.25, -0.2) is 4.39 Å². The van der Waals surface area contributed by atoms with Crippen LogP contribution in [-0.4, -0.2) is 13.7 Å². The number of rotatable bonds is 6. The molecule has 0 fully saturated rings. The van der Waals surface area contributed by atoms with E-state index in [0.29, 0.717) is 11.3 Å². The Bertz CT molecular complexity index is 542. The molecule has 0 saturated carbocycles. The molecule has 2 aromatic rings. The molecule has 2 nitrogen and oxygen atoms in total. The zero-order valence-corrected chi connectivity index (χ0v) is 11.9. The number of hydrogen-bond acceptors (Lipinski definition) is 2. The lowest BCUT2D eigenvalue weighted by atomic mass is 10.1. The van der Waals surface area contributed by atoms with E-state index in [1.54, 1.807) is 12.1 Å². The van der Waals surface area contributed by atoms with Crippen molar-refractivity contribution in [2.45, 2.75) is 19.4 Å². The van der Waals surface area contributed by atoms with E-state index < -0.39 is 0 Å². The average Bonchev–Trinajstić information content (AvgIpc) is 2.48. The minimum absolute atomic E-state index is 0.0235. The van der Waals surface area contributed by atoms with Gasteiger partial charge >= 0.3 is 0 Å². The third-order valence-electron chi connectivity index (χ3n) is 3.38. The van der Waals surface area contributed by atoms with Gasteiger partial charge in [-0.15, -0.1) is 0 Å². The molecule has 3 heteroatoms. The number of methoxy groups -OCH3 is 1. The van der Waals surface area contributed by atoms with E-state index in [1.807, 2.05) is 25.1 Å². The van der Waals surface area contributed by atoms with E-state index >= 15 is 0 Å². The molecule has 106 valence electrons. The van der Waals surface area contributed by atoms with Crippen molar-refractivity contribution in [3.63, 3.8) is 0 Å². The van der Waals surface area contributed by atoms with Crippen molar-refractivity contribution in [3.8, 4) is 5.75 Å². The quantitative estimate of drug-likeness (QED) is 0.866. The fourth-order valence-electron chi connectivity index (χ4n) is 2.17. The lowest BCUT2D eigenvalue weighted by molar-refractivity contribution is 0.409. The monoisotopic (exact) mass is 273 g/mol. The minimum Gasteiger partial charge on any atom is -0.497 e. The van der Waals surface area contributed by atoms with Crippen LogP contribution < -0.4 is 10.1 Å². The fraction of sp³-hybridized carbons (Fsp3) is 0.294. The minimum atomic E-state index is -0.232. The Kier molecular flexibility index (Phi) is 5.13. The Morgan fingerprint density at radius 3 is 2.55 bits per heavy atom. The van der Waals surface area contributed by atoms with Gasteiger partial charge in [-0.05, 0) is 31.5 Å². The first-order chi connectivity index (χ1) is 9.70. The summed E-state index contributed by atoms with van der Waals surface area (Å²) in [5.41, 5.74) is 1.95. The van der Waals surface area contributed by atoms with Gasteiger partial charge in [-0.1, -0.05) is 36.4 Å². The molecule has 0 heterocycles. The van der Waals surface area contributed by atoms with E-state index in [9.17, 15) is 4.39 Å². The van der Waals surface area contributed by atoms with Crippen LogP contribution in [0, 0.1) is 5.82 Å². The van der Waals surface area contributed by atoms with Crippen LogP contribution in [0.5, 0.6) is 5.75 Å². The van der Waals surface area contributed by atoms with Crippen molar-refractivity contribution in [3.05, 3.63) is 65.5 Å². The first kappa shape index (κ1) is 14.5. The summed E-state index contributed by atoms with van der Waals surface area (Å²) < 4.78 is 18.9. The predicted molar refractivity (Wildman–Crippen MR) is 79.5 cm³/mol. The first-order valence-electron chi connectivity index (χ1n) is 6.81. The molecule has 2 rings (SSSR count). The van der Waals surface area contributed by atoms with Crippen molar-refractivity contribution < 1.29 is 9.13 Å².